The molecule has 1 fully saturated rings. The van der Waals surface area contributed by atoms with Crippen LogP contribution in [0.2, 0.25) is 0 Å². The van der Waals surface area contributed by atoms with Gasteiger partial charge < -0.3 is 5.32 Å². The lowest BCUT2D eigenvalue weighted by Gasteiger charge is -2.07. The van der Waals surface area contributed by atoms with Gasteiger partial charge in [0.25, 0.3) is 5.69 Å². The maximum Gasteiger partial charge on any atom is 0.293 e. The van der Waals surface area contributed by atoms with Crippen molar-refractivity contribution in [3.05, 3.63) is 32.5 Å². The van der Waals surface area contributed by atoms with Crippen LogP contribution in [-0.2, 0) is 0 Å². The molecule has 0 spiro atoms. The van der Waals surface area contributed by atoms with Gasteiger partial charge in [0.1, 0.15) is 11.5 Å². The minimum absolute atomic E-state index is 0.105. The molecule has 0 saturated heterocycles. The molecule has 2 atom stereocenters. The molecule has 4 nitrogen and oxygen atoms in total. The van der Waals surface area contributed by atoms with E-state index in [-0.39, 0.29) is 15.8 Å². The Morgan fingerprint density at radius 2 is 2.29 bits per heavy atom. The van der Waals surface area contributed by atoms with Crippen LogP contribution in [0.25, 0.3) is 0 Å². The number of benzene rings is 1. The van der Waals surface area contributed by atoms with Gasteiger partial charge in [0.05, 0.1) is 9.40 Å². The zero-order valence-corrected chi connectivity index (χ0v) is 10.8. The fraction of sp³-hybridized carbons (Fsp3) is 0.455. The lowest BCUT2D eigenvalue weighted by Crippen LogP contribution is -2.07. The maximum atomic E-state index is 13.3. The summed E-state index contributed by atoms with van der Waals surface area (Å²) in [6, 6.07) is 2.35. The first-order valence-electron chi connectivity index (χ1n) is 5.36. The number of rotatable bonds is 4. The van der Waals surface area contributed by atoms with E-state index in [4.69, 9.17) is 0 Å². The number of nitrogens with zero attached hydrogens (tertiary/aromatic N) is 1. The van der Waals surface area contributed by atoms with Gasteiger partial charge in [-0.3, -0.25) is 10.1 Å². The molecule has 2 unspecified atom stereocenters. The second-order valence-electron chi connectivity index (χ2n) is 4.39. The Kier molecular flexibility index (Phi) is 3.33. The van der Waals surface area contributed by atoms with Gasteiger partial charge >= 0.3 is 0 Å². The maximum absolute atomic E-state index is 13.3. The summed E-state index contributed by atoms with van der Waals surface area (Å²) in [6.45, 7) is 2.78. The van der Waals surface area contributed by atoms with Crippen molar-refractivity contribution in [3.63, 3.8) is 0 Å². The minimum atomic E-state index is -0.511. The standard InChI is InChI=1S/C11H12BrFN2O2/c1-6-2-7(6)5-14-10-4-9(13)8(12)3-11(10)15(16)17/h3-4,6-7,14H,2,5H2,1H3. The fourth-order valence-corrected chi connectivity index (χ4v) is 2.08. The Morgan fingerprint density at radius 1 is 1.65 bits per heavy atom. The van der Waals surface area contributed by atoms with Gasteiger partial charge in [0, 0.05) is 18.7 Å². The zero-order chi connectivity index (χ0) is 12.6. The van der Waals surface area contributed by atoms with Gasteiger partial charge in [0.15, 0.2) is 0 Å². The normalized spacial score (nSPS) is 22.3. The van der Waals surface area contributed by atoms with Crippen molar-refractivity contribution in [1.29, 1.82) is 0 Å². The van der Waals surface area contributed by atoms with E-state index < -0.39 is 10.7 Å². The fourth-order valence-electron chi connectivity index (χ4n) is 1.75. The Morgan fingerprint density at radius 3 is 2.82 bits per heavy atom. The Labute approximate surface area is 106 Å². The molecule has 0 heterocycles. The molecular weight excluding hydrogens is 291 g/mol. The average molecular weight is 303 g/mol. The van der Waals surface area contributed by atoms with Crippen LogP contribution in [0.5, 0.6) is 0 Å². The third-order valence-electron chi connectivity index (χ3n) is 3.07. The molecule has 1 N–H and O–H groups in total. The van der Waals surface area contributed by atoms with Gasteiger partial charge in [-0.05, 0) is 34.2 Å². The summed E-state index contributed by atoms with van der Waals surface area (Å²) in [4.78, 5) is 10.3. The highest BCUT2D eigenvalue weighted by molar-refractivity contribution is 9.10. The minimum Gasteiger partial charge on any atom is -0.379 e. The van der Waals surface area contributed by atoms with Crippen LogP contribution < -0.4 is 5.32 Å². The number of nitro groups is 1. The Balaban J connectivity index is 2.18. The van der Waals surface area contributed by atoms with E-state index in [1.54, 1.807) is 0 Å². The van der Waals surface area contributed by atoms with Gasteiger partial charge in [-0.25, -0.2) is 4.39 Å². The highest BCUT2D eigenvalue weighted by Gasteiger charge is 2.32. The van der Waals surface area contributed by atoms with E-state index in [0.29, 0.717) is 18.4 Å². The van der Waals surface area contributed by atoms with E-state index in [0.717, 1.165) is 12.5 Å². The van der Waals surface area contributed by atoms with Crippen molar-refractivity contribution in [2.24, 2.45) is 11.8 Å². The second kappa shape index (κ2) is 4.60. The van der Waals surface area contributed by atoms with Crippen LogP contribution in [0.4, 0.5) is 15.8 Å². The number of hydrogen-bond donors (Lipinski definition) is 1. The SMILES string of the molecule is CC1CC1CNc1cc(F)c(Br)cc1[N+](=O)[O-]. The highest BCUT2D eigenvalue weighted by Crippen LogP contribution is 2.38. The summed E-state index contributed by atoms with van der Waals surface area (Å²) in [5.41, 5.74) is 0.140. The van der Waals surface area contributed by atoms with E-state index >= 15 is 0 Å². The van der Waals surface area contributed by atoms with Crippen LogP contribution in [0, 0.1) is 27.8 Å². The van der Waals surface area contributed by atoms with E-state index in [9.17, 15) is 14.5 Å². The van der Waals surface area contributed by atoms with Crippen molar-refractivity contribution in [2.75, 3.05) is 11.9 Å². The number of halogens is 2. The lowest BCUT2D eigenvalue weighted by atomic mass is 10.2. The number of hydrogen-bond acceptors (Lipinski definition) is 3. The molecule has 1 saturated carbocycles. The van der Waals surface area contributed by atoms with Crippen molar-refractivity contribution < 1.29 is 9.31 Å². The van der Waals surface area contributed by atoms with Crippen LogP contribution in [0.1, 0.15) is 13.3 Å². The number of nitrogens with one attached hydrogen (secondary N) is 1. The van der Waals surface area contributed by atoms with E-state index in [2.05, 4.69) is 28.2 Å². The molecule has 0 amide bonds. The summed E-state index contributed by atoms with van der Waals surface area (Å²) >= 11 is 2.94. The van der Waals surface area contributed by atoms with Crippen LogP contribution in [0.3, 0.4) is 0 Å². The first-order valence-corrected chi connectivity index (χ1v) is 6.15. The molecule has 1 aromatic carbocycles. The van der Waals surface area contributed by atoms with E-state index in [1.165, 1.54) is 6.07 Å². The lowest BCUT2D eigenvalue weighted by molar-refractivity contribution is -0.384. The van der Waals surface area contributed by atoms with Gasteiger partial charge in [0.2, 0.25) is 0 Å². The topological polar surface area (TPSA) is 55.2 Å². The average Bonchev–Trinajstić information content (AvgIpc) is 2.95. The van der Waals surface area contributed by atoms with Crippen LogP contribution in [-0.4, -0.2) is 11.5 Å². The first kappa shape index (κ1) is 12.3. The predicted octanol–water partition coefficient (Wildman–Crippen LogP) is 3.56. The van der Waals surface area contributed by atoms with Crippen molar-refractivity contribution in [1.82, 2.24) is 0 Å². The second-order valence-corrected chi connectivity index (χ2v) is 5.25. The van der Waals surface area contributed by atoms with Crippen molar-refractivity contribution in [2.45, 2.75) is 13.3 Å². The number of nitro benzene ring substituents is 1. The molecular formula is C11H12BrFN2O2. The quantitative estimate of drug-likeness (QED) is 0.683. The molecule has 0 aromatic heterocycles. The van der Waals surface area contributed by atoms with Crippen molar-refractivity contribution >= 4 is 27.3 Å². The smallest absolute Gasteiger partial charge is 0.293 e. The summed E-state index contributed by atoms with van der Waals surface area (Å²) in [6.07, 6.45) is 1.12. The molecule has 0 radical (unpaired) electrons. The predicted molar refractivity (Wildman–Crippen MR) is 66.5 cm³/mol. The molecule has 0 bridgehead atoms. The van der Waals surface area contributed by atoms with E-state index in [1.807, 2.05) is 0 Å². The molecule has 6 heteroatoms. The molecule has 1 aliphatic rings. The monoisotopic (exact) mass is 302 g/mol. The third kappa shape index (κ3) is 2.74. The number of anilines is 1. The molecule has 0 aliphatic heterocycles. The zero-order valence-electron chi connectivity index (χ0n) is 9.24. The highest BCUT2D eigenvalue weighted by atomic mass is 79.9. The van der Waals surface area contributed by atoms with Gasteiger partial charge in [-0.2, -0.15) is 0 Å². The summed E-state index contributed by atoms with van der Waals surface area (Å²) < 4.78 is 13.4. The summed E-state index contributed by atoms with van der Waals surface area (Å²) in [7, 11) is 0. The van der Waals surface area contributed by atoms with Crippen LogP contribution in [0.15, 0.2) is 16.6 Å². The molecule has 92 valence electrons. The molecule has 17 heavy (non-hydrogen) atoms. The Bertz CT molecular complexity index is 467. The molecule has 1 aromatic rings. The summed E-state index contributed by atoms with van der Waals surface area (Å²) in [5.74, 6) is 0.699. The summed E-state index contributed by atoms with van der Waals surface area (Å²) in [5, 5.41) is 13.8. The largest absolute Gasteiger partial charge is 0.379 e. The van der Waals surface area contributed by atoms with Crippen molar-refractivity contribution in [3.8, 4) is 0 Å². The molecule has 1 aliphatic carbocycles. The van der Waals surface area contributed by atoms with Gasteiger partial charge in [-0.1, -0.05) is 6.92 Å². The molecule has 2 rings (SSSR count). The Hall–Kier alpha value is -1.17. The third-order valence-corrected chi connectivity index (χ3v) is 3.67. The van der Waals surface area contributed by atoms with Gasteiger partial charge in [-0.15, -0.1) is 0 Å². The first-order chi connectivity index (χ1) is 7.99. The van der Waals surface area contributed by atoms with Crippen LogP contribution >= 0.6 is 15.9 Å².